The molecule has 1 atom stereocenters. The van der Waals surface area contributed by atoms with Crippen LogP contribution in [0.1, 0.15) is 39.6 Å². The van der Waals surface area contributed by atoms with E-state index in [0.717, 1.165) is 23.7 Å². The van der Waals surface area contributed by atoms with Crippen LogP contribution in [0.2, 0.25) is 0 Å². The summed E-state index contributed by atoms with van der Waals surface area (Å²) >= 11 is 1.02. The maximum absolute atomic E-state index is 13.3. The fourth-order valence-corrected chi connectivity index (χ4v) is 4.07. The van der Waals surface area contributed by atoms with Crippen molar-refractivity contribution in [2.24, 2.45) is 0 Å². The van der Waals surface area contributed by atoms with E-state index in [-0.39, 0.29) is 16.9 Å². The van der Waals surface area contributed by atoms with E-state index < -0.39 is 44.0 Å². The Morgan fingerprint density at radius 3 is 2.55 bits per heavy atom. The summed E-state index contributed by atoms with van der Waals surface area (Å²) in [5.41, 5.74) is -1.76. The zero-order valence-corrected chi connectivity index (χ0v) is 18.9. The largest absolute Gasteiger partial charge is 0.416 e. The lowest BCUT2D eigenvalue weighted by Gasteiger charge is -2.15. The Bertz CT molecular complexity index is 1360. The minimum Gasteiger partial charge on any atom is -0.356 e. The molecular weight excluding hydrogens is 483 g/mol. The second-order valence-corrected chi connectivity index (χ2v) is 9.81. The lowest BCUT2D eigenvalue weighted by Crippen LogP contribution is -2.29. The SMILES string of the molecule is CNc1nc([C@H](C)NC(=O)c2cc(C(F)(F)F)cc(S(C)(=O)=O)c2)n(-c2ncc(C#N)s2)n1. The number of benzene rings is 1. The highest BCUT2D eigenvalue weighted by molar-refractivity contribution is 7.90. The van der Waals surface area contributed by atoms with Crippen LogP contribution in [0.5, 0.6) is 0 Å². The van der Waals surface area contributed by atoms with Crippen molar-refractivity contribution in [2.45, 2.75) is 24.0 Å². The molecule has 10 nitrogen and oxygen atoms in total. The van der Waals surface area contributed by atoms with Crippen molar-refractivity contribution in [3.8, 4) is 11.2 Å². The van der Waals surface area contributed by atoms with Crippen LogP contribution in [0.3, 0.4) is 0 Å². The van der Waals surface area contributed by atoms with Crippen LogP contribution in [0, 0.1) is 11.3 Å². The van der Waals surface area contributed by atoms with Gasteiger partial charge in [-0.1, -0.05) is 11.3 Å². The number of carbonyl (C=O) groups is 1. The van der Waals surface area contributed by atoms with Gasteiger partial charge in [0.2, 0.25) is 11.1 Å². The Morgan fingerprint density at radius 1 is 1.30 bits per heavy atom. The molecule has 3 aromatic rings. The topological polar surface area (TPSA) is 143 Å². The third kappa shape index (κ3) is 5.29. The number of hydrogen-bond acceptors (Lipinski definition) is 9. The molecule has 0 aliphatic carbocycles. The molecular formula is C18H16F3N7O3S2. The zero-order valence-electron chi connectivity index (χ0n) is 17.3. The lowest BCUT2D eigenvalue weighted by atomic mass is 10.1. The van der Waals surface area contributed by atoms with Crippen molar-refractivity contribution in [3.05, 3.63) is 46.2 Å². The normalized spacial score (nSPS) is 12.8. The van der Waals surface area contributed by atoms with Gasteiger partial charge in [-0.25, -0.2) is 13.4 Å². The van der Waals surface area contributed by atoms with Crippen molar-refractivity contribution in [1.29, 1.82) is 5.26 Å². The van der Waals surface area contributed by atoms with Gasteiger partial charge in [-0.15, -0.1) is 5.10 Å². The average molecular weight is 500 g/mol. The predicted octanol–water partition coefficient (Wildman–Crippen LogP) is 2.55. The Labute approximate surface area is 190 Å². The highest BCUT2D eigenvalue weighted by Gasteiger charge is 2.33. The molecule has 2 N–H and O–H groups in total. The van der Waals surface area contributed by atoms with Gasteiger partial charge < -0.3 is 10.6 Å². The summed E-state index contributed by atoms with van der Waals surface area (Å²) in [6, 6.07) is 2.98. The fraction of sp³-hybridized carbons (Fsp3) is 0.278. The lowest BCUT2D eigenvalue weighted by molar-refractivity contribution is -0.137. The van der Waals surface area contributed by atoms with Gasteiger partial charge >= 0.3 is 6.18 Å². The van der Waals surface area contributed by atoms with Crippen molar-refractivity contribution in [2.75, 3.05) is 18.6 Å². The smallest absolute Gasteiger partial charge is 0.356 e. The second-order valence-electron chi connectivity index (χ2n) is 6.79. The molecule has 174 valence electrons. The molecule has 2 aromatic heterocycles. The molecule has 0 aliphatic heterocycles. The van der Waals surface area contributed by atoms with Gasteiger partial charge in [-0.05, 0) is 25.1 Å². The number of halogens is 3. The first-order valence-corrected chi connectivity index (χ1v) is 11.8. The summed E-state index contributed by atoms with van der Waals surface area (Å²) in [5, 5.41) is 18.7. The van der Waals surface area contributed by atoms with Gasteiger partial charge in [-0.2, -0.15) is 28.1 Å². The van der Waals surface area contributed by atoms with Crippen LogP contribution in [0.4, 0.5) is 19.1 Å². The first kappa shape index (κ1) is 24.1. The molecule has 0 radical (unpaired) electrons. The van der Waals surface area contributed by atoms with E-state index in [1.165, 1.54) is 17.8 Å². The summed E-state index contributed by atoms with van der Waals surface area (Å²) in [4.78, 5) is 20.8. The number of sulfone groups is 1. The number of nitrogens with zero attached hydrogens (tertiary/aromatic N) is 5. The molecule has 0 saturated carbocycles. The molecule has 1 amide bonds. The molecule has 0 aliphatic rings. The number of hydrogen-bond donors (Lipinski definition) is 2. The third-order valence-electron chi connectivity index (χ3n) is 4.30. The highest BCUT2D eigenvalue weighted by Crippen LogP contribution is 2.32. The standard InChI is InChI=1S/C18H16F3N7O3S2/c1-9(14-26-16(23-2)27-28(14)17-24-8-12(7-22)32-17)25-15(29)10-4-11(18(19,20)21)6-13(5-10)33(3,30)31/h4-6,8-9H,1-3H3,(H,23,27)(H,25,29)/t9-/m0/s1. The van der Waals surface area contributed by atoms with Gasteiger partial charge in [0.25, 0.3) is 5.91 Å². The second kappa shape index (κ2) is 8.79. The van der Waals surface area contributed by atoms with Crippen molar-refractivity contribution in [1.82, 2.24) is 25.1 Å². The quantitative estimate of drug-likeness (QED) is 0.527. The maximum atomic E-state index is 13.3. The van der Waals surface area contributed by atoms with E-state index in [1.807, 2.05) is 6.07 Å². The third-order valence-corrected chi connectivity index (χ3v) is 6.27. The molecule has 0 bridgehead atoms. The number of nitriles is 1. The molecule has 33 heavy (non-hydrogen) atoms. The number of rotatable bonds is 6. The van der Waals surface area contributed by atoms with Gasteiger partial charge in [0.15, 0.2) is 15.7 Å². The van der Waals surface area contributed by atoms with Crippen LogP contribution >= 0.6 is 11.3 Å². The van der Waals surface area contributed by atoms with Gasteiger partial charge in [0.1, 0.15) is 10.9 Å². The molecule has 0 unspecified atom stereocenters. The van der Waals surface area contributed by atoms with Crippen LogP contribution in [-0.4, -0.2) is 47.4 Å². The zero-order chi connectivity index (χ0) is 24.6. The minimum atomic E-state index is -4.85. The number of amides is 1. The van der Waals surface area contributed by atoms with Crippen molar-refractivity contribution in [3.63, 3.8) is 0 Å². The van der Waals surface area contributed by atoms with E-state index >= 15 is 0 Å². The monoisotopic (exact) mass is 499 g/mol. The van der Waals surface area contributed by atoms with Gasteiger partial charge in [-0.3, -0.25) is 4.79 Å². The molecule has 0 fully saturated rings. The van der Waals surface area contributed by atoms with E-state index in [4.69, 9.17) is 5.26 Å². The number of carbonyl (C=O) groups excluding carboxylic acids is 1. The van der Waals surface area contributed by atoms with Crippen LogP contribution in [0.25, 0.3) is 5.13 Å². The molecule has 0 saturated heterocycles. The van der Waals surface area contributed by atoms with Gasteiger partial charge in [0.05, 0.1) is 22.7 Å². The first-order valence-electron chi connectivity index (χ1n) is 9.07. The fourth-order valence-electron chi connectivity index (χ4n) is 2.72. The summed E-state index contributed by atoms with van der Waals surface area (Å²) in [7, 11) is -2.45. The highest BCUT2D eigenvalue weighted by atomic mass is 32.2. The Kier molecular flexibility index (Phi) is 6.43. The summed E-state index contributed by atoms with van der Waals surface area (Å²) in [5.74, 6) is -0.587. The number of anilines is 1. The number of alkyl halides is 3. The molecule has 0 spiro atoms. The van der Waals surface area contributed by atoms with Crippen molar-refractivity contribution < 1.29 is 26.4 Å². The molecule has 2 heterocycles. The summed E-state index contributed by atoms with van der Waals surface area (Å²) in [6.45, 7) is 1.52. The summed E-state index contributed by atoms with van der Waals surface area (Å²) < 4.78 is 64.7. The van der Waals surface area contributed by atoms with Crippen molar-refractivity contribution >= 4 is 33.0 Å². The molecule has 3 rings (SSSR count). The first-order chi connectivity index (χ1) is 15.3. The van der Waals surface area contributed by atoms with E-state index in [9.17, 15) is 26.4 Å². The van der Waals surface area contributed by atoms with Gasteiger partial charge in [0, 0.05) is 18.9 Å². The van der Waals surface area contributed by atoms with E-state index in [2.05, 4.69) is 25.7 Å². The van der Waals surface area contributed by atoms with E-state index in [0.29, 0.717) is 17.0 Å². The molecule has 15 heteroatoms. The Balaban J connectivity index is 1.97. The predicted molar refractivity (Wildman–Crippen MR) is 112 cm³/mol. The van der Waals surface area contributed by atoms with Crippen LogP contribution in [0.15, 0.2) is 29.3 Å². The Hall–Kier alpha value is -3.51. The van der Waals surface area contributed by atoms with E-state index in [1.54, 1.807) is 7.05 Å². The average Bonchev–Trinajstić information content (AvgIpc) is 3.38. The number of nitrogens with one attached hydrogen (secondary N) is 2. The minimum absolute atomic E-state index is 0.179. The number of aromatic nitrogens is 4. The Morgan fingerprint density at radius 2 is 2.00 bits per heavy atom. The molecule has 1 aromatic carbocycles. The van der Waals surface area contributed by atoms with Crippen LogP contribution in [-0.2, 0) is 16.0 Å². The maximum Gasteiger partial charge on any atom is 0.416 e. The number of thiazole rings is 1. The van der Waals surface area contributed by atoms with Crippen LogP contribution < -0.4 is 10.6 Å². The summed E-state index contributed by atoms with van der Waals surface area (Å²) in [6.07, 6.45) is -2.77.